The van der Waals surface area contributed by atoms with Crippen molar-refractivity contribution in [2.75, 3.05) is 13.1 Å². The normalized spacial score (nSPS) is 12.1. The summed E-state index contributed by atoms with van der Waals surface area (Å²) in [5, 5.41) is 15.5. The van der Waals surface area contributed by atoms with Crippen LogP contribution in [0, 0.1) is 0 Å². The van der Waals surface area contributed by atoms with E-state index in [0.29, 0.717) is 13.1 Å². The van der Waals surface area contributed by atoms with E-state index in [9.17, 15) is 9.90 Å². The van der Waals surface area contributed by atoms with Gasteiger partial charge in [-0.25, -0.2) is 4.79 Å². The first-order chi connectivity index (χ1) is 8.15. The summed E-state index contributed by atoms with van der Waals surface area (Å²) in [7, 11) is 0. The molecule has 1 rings (SSSR count). The van der Waals surface area contributed by atoms with Gasteiger partial charge in [0, 0.05) is 24.7 Å². The summed E-state index contributed by atoms with van der Waals surface area (Å²) in [5.41, 5.74) is 5.83. The standard InChI is InChI=1S/C12H19N3O2/c1-2-10(14-7-8-15-12(13)17)9-5-3-4-6-11(9)16/h3-6,10,14,16H,2,7-8H2,1H3,(H3,13,15,17). The average molecular weight is 237 g/mol. The second kappa shape index (κ2) is 6.75. The molecule has 2 amide bonds. The van der Waals surface area contributed by atoms with Crippen LogP contribution >= 0.6 is 0 Å². The molecule has 1 unspecified atom stereocenters. The van der Waals surface area contributed by atoms with Gasteiger partial charge in [0.05, 0.1) is 0 Å². The van der Waals surface area contributed by atoms with Gasteiger partial charge in [-0.05, 0) is 12.5 Å². The van der Waals surface area contributed by atoms with Gasteiger partial charge >= 0.3 is 6.03 Å². The molecule has 0 bridgehead atoms. The van der Waals surface area contributed by atoms with Crippen LogP contribution in [0.4, 0.5) is 4.79 Å². The van der Waals surface area contributed by atoms with Gasteiger partial charge in [-0.15, -0.1) is 0 Å². The van der Waals surface area contributed by atoms with Crippen LogP contribution < -0.4 is 16.4 Å². The number of para-hydroxylation sites is 1. The molecule has 1 atom stereocenters. The van der Waals surface area contributed by atoms with Crippen molar-refractivity contribution >= 4 is 6.03 Å². The molecule has 0 spiro atoms. The number of benzene rings is 1. The molecule has 0 aliphatic rings. The van der Waals surface area contributed by atoms with E-state index in [-0.39, 0.29) is 11.8 Å². The molecule has 0 saturated heterocycles. The second-order valence-electron chi connectivity index (χ2n) is 3.76. The summed E-state index contributed by atoms with van der Waals surface area (Å²) in [6.45, 7) is 3.11. The zero-order valence-electron chi connectivity index (χ0n) is 9.94. The molecule has 1 aromatic rings. The minimum Gasteiger partial charge on any atom is -0.508 e. The van der Waals surface area contributed by atoms with Crippen LogP contribution in [0.2, 0.25) is 0 Å². The fourth-order valence-corrected chi connectivity index (χ4v) is 1.69. The van der Waals surface area contributed by atoms with E-state index in [1.807, 2.05) is 19.1 Å². The van der Waals surface area contributed by atoms with E-state index in [1.54, 1.807) is 12.1 Å². The molecule has 94 valence electrons. The maximum atomic E-state index is 10.5. The minimum atomic E-state index is -0.526. The zero-order chi connectivity index (χ0) is 12.7. The van der Waals surface area contributed by atoms with Crippen molar-refractivity contribution in [1.82, 2.24) is 10.6 Å². The summed E-state index contributed by atoms with van der Waals surface area (Å²) >= 11 is 0. The number of aromatic hydroxyl groups is 1. The maximum Gasteiger partial charge on any atom is 0.312 e. The van der Waals surface area contributed by atoms with E-state index in [1.165, 1.54) is 0 Å². The molecule has 0 saturated carbocycles. The van der Waals surface area contributed by atoms with Gasteiger partial charge in [-0.2, -0.15) is 0 Å². The molecule has 5 heteroatoms. The Balaban J connectivity index is 2.49. The Labute approximate surface area is 101 Å². The number of carbonyl (C=O) groups excluding carboxylic acids is 1. The molecule has 5 nitrogen and oxygen atoms in total. The predicted octanol–water partition coefficient (Wildman–Crippen LogP) is 1.10. The fraction of sp³-hybridized carbons (Fsp3) is 0.417. The van der Waals surface area contributed by atoms with Crippen molar-refractivity contribution in [3.63, 3.8) is 0 Å². The Kier molecular flexibility index (Phi) is 5.29. The molecule has 0 fully saturated rings. The number of hydrogen-bond acceptors (Lipinski definition) is 3. The van der Waals surface area contributed by atoms with Crippen LogP contribution in [0.15, 0.2) is 24.3 Å². The Bertz CT molecular complexity index is 369. The van der Waals surface area contributed by atoms with Gasteiger partial charge < -0.3 is 21.5 Å². The largest absolute Gasteiger partial charge is 0.508 e. The first-order valence-corrected chi connectivity index (χ1v) is 5.69. The monoisotopic (exact) mass is 237 g/mol. The Morgan fingerprint density at radius 2 is 2.12 bits per heavy atom. The lowest BCUT2D eigenvalue weighted by atomic mass is 10.0. The van der Waals surface area contributed by atoms with Crippen LogP contribution in [-0.2, 0) is 0 Å². The van der Waals surface area contributed by atoms with E-state index >= 15 is 0 Å². The number of phenols is 1. The molecule has 1 aromatic carbocycles. The second-order valence-corrected chi connectivity index (χ2v) is 3.76. The van der Waals surface area contributed by atoms with Crippen molar-refractivity contribution in [1.29, 1.82) is 0 Å². The molecule has 0 aromatic heterocycles. The summed E-state index contributed by atoms with van der Waals surface area (Å²) in [4.78, 5) is 10.5. The highest BCUT2D eigenvalue weighted by Gasteiger charge is 2.11. The van der Waals surface area contributed by atoms with Crippen LogP contribution in [-0.4, -0.2) is 24.2 Å². The number of nitrogens with two attached hydrogens (primary N) is 1. The van der Waals surface area contributed by atoms with Crippen molar-refractivity contribution in [3.8, 4) is 5.75 Å². The van der Waals surface area contributed by atoms with Crippen molar-refractivity contribution < 1.29 is 9.90 Å². The van der Waals surface area contributed by atoms with E-state index in [2.05, 4.69) is 10.6 Å². The first kappa shape index (κ1) is 13.3. The Hall–Kier alpha value is -1.75. The van der Waals surface area contributed by atoms with Gasteiger partial charge in [0.15, 0.2) is 0 Å². The van der Waals surface area contributed by atoms with Crippen molar-refractivity contribution in [3.05, 3.63) is 29.8 Å². The highest BCUT2D eigenvalue weighted by Crippen LogP contribution is 2.25. The van der Waals surface area contributed by atoms with Crippen molar-refractivity contribution in [2.24, 2.45) is 5.73 Å². The van der Waals surface area contributed by atoms with Crippen LogP contribution in [0.5, 0.6) is 5.75 Å². The quantitative estimate of drug-likeness (QED) is 0.559. The number of carbonyl (C=O) groups is 1. The first-order valence-electron chi connectivity index (χ1n) is 5.69. The van der Waals surface area contributed by atoms with Crippen LogP contribution in [0.1, 0.15) is 24.9 Å². The number of hydrogen-bond donors (Lipinski definition) is 4. The smallest absolute Gasteiger partial charge is 0.312 e. The molecule has 17 heavy (non-hydrogen) atoms. The summed E-state index contributed by atoms with van der Waals surface area (Å²) in [6.07, 6.45) is 0.855. The zero-order valence-corrected chi connectivity index (χ0v) is 9.94. The third kappa shape index (κ3) is 4.32. The molecule has 0 aliphatic heterocycles. The lowest BCUT2D eigenvalue weighted by molar-refractivity contribution is 0.248. The number of nitrogens with one attached hydrogen (secondary N) is 2. The van der Waals surface area contributed by atoms with Gasteiger partial charge in [-0.1, -0.05) is 25.1 Å². The molecular weight excluding hydrogens is 218 g/mol. The third-order valence-electron chi connectivity index (χ3n) is 2.54. The van der Waals surface area contributed by atoms with Gasteiger partial charge in [0.25, 0.3) is 0 Å². The van der Waals surface area contributed by atoms with E-state index in [0.717, 1.165) is 12.0 Å². The van der Waals surface area contributed by atoms with E-state index in [4.69, 9.17) is 5.73 Å². The maximum absolute atomic E-state index is 10.5. The predicted molar refractivity (Wildman–Crippen MR) is 66.7 cm³/mol. The molecular formula is C12H19N3O2. The van der Waals surface area contributed by atoms with Crippen LogP contribution in [0.25, 0.3) is 0 Å². The molecule has 0 aliphatic carbocycles. The summed E-state index contributed by atoms with van der Waals surface area (Å²) in [5.74, 6) is 0.287. The highest BCUT2D eigenvalue weighted by atomic mass is 16.3. The molecule has 0 heterocycles. The molecule has 5 N–H and O–H groups in total. The molecule has 0 radical (unpaired) electrons. The van der Waals surface area contributed by atoms with Crippen LogP contribution in [0.3, 0.4) is 0 Å². The minimum absolute atomic E-state index is 0.0749. The fourth-order valence-electron chi connectivity index (χ4n) is 1.69. The summed E-state index contributed by atoms with van der Waals surface area (Å²) < 4.78 is 0. The summed E-state index contributed by atoms with van der Waals surface area (Å²) in [6, 6.07) is 6.79. The number of urea groups is 1. The lowest BCUT2D eigenvalue weighted by Gasteiger charge is -2.18. The van der Waals surface area contributed by atoms with E-state index < -0.39 is 6.03 Å². The van der Waals surface area contributed by atoms with Gasteiger partial charge in [0.2, 0.25) is 0 Å². The third-order valence-corrected chi connectivity index (χ3v) is 2.54. The SMILES string of the molecule is CCC(NCCNC(N)=O)c1ccccc1O. The highest BCUT2D eigenvalue weighted by molar-refractivity contribution is 5.71. The Morgan fingerprint density at radius 1 is 1.41 bits per heavy atom. The number of rotatable bonds is 6. The topological polar surface area (TPSA) is 87.4 Å². The lowest BCUT2D eigenvalue weighted by Crippen LogP contribution is -2.36. The number of primary amides is 1. The van der Waals surface area contributed by atoms with Gasteiger partial charge in [-0.3, -0.25) is 0 Å². The Morgan fingerprint density at radius 3 is 2.71 bits per heavy atom. The van der Waals surface area contributed by atoms with Gasteiger partial charge in [0.1, 0.15) is 5.75 Å². The van der Waals surface area contributed by atoms with Crippen molar-refractivity contribution in [2.45, 2.75) is 19.4 Å². The number of amides is 2. The number of phenolic OH excluding ortho intramolecular Hbond substituents is 1. The average Bonchev–Trinajstić information content (AvgIpc) is 2.30.